The quantitative estimate of drug-likeness (QED) is 0.129. The molecule has 0 radical (unpaired) electrons. The zero-order chi connectivity index (χ0) is 57.4. The van der Waals surface area contributed by atoms with Crippen LogP contribution < -0.4 is 0 Å². The van der Waals surface area contributed by atoms with E-state index in [1.54, 1.807) is 0 Å². The standard InChI is InChI=1S/C85H56N2/c1-3-18-57(19-4-1)59-38-40-64(41-39-59)71-24-7-12-29-78(71)85(79-30-13-8-25-72(79)73-26-9-14-31-80(73)85)68-23-17-22-65(54-68)63-36-34-60(35-37-63)62-44-50-70(51-45-62)87-82-33-16-11-28-75(82)77-56-67(47-53-84(77)87)66-46-52-83-76(55-66)74-27-10-15-32-81(74)86(83)69-48-42-61(43-49-69)58-20-5-2-6-21-58/h1-56H. The zero-order valence-electron chi connectivity index (χ0n) is 47.7. The first-order chi connectivity index (χ1) is 43.1. The predicted molar refractivity (Wildman–Crippen MR) is 365 cm³/mol. The number of hydrogen-bond acceptors (Lipinski definition) is 0. The Bertz CT molecular complexity index is 5230. The topological polar surface area (TPSA) is 9.86 Å². The molecule has 0 bridgehead atoms. The second-order valence-electron chi connectivity index (χ2n) is 23.1. The van der Waals surface area contributed by atoms with Gasteiger partial charge in [-0.05, 0) is 167 Å². The van der Waals surface area contributed by atoms with Crippen LogP contribution in [0.5, 0.6) is 0 Å². The van der Waals surface area contributed by atoms with Crippen LogP contribution in [0.15, 0.2) is 340 Å². The number of benzene rings is 14. The Morgan fingerprint density at radius 2 is 0.494 bits per heavy atom. The van der Waals surface area contributed by atoms with Crippen molar-refractivity contribution >= 4 is 43.6 Å². The Morgan fingerprint density at radius 3 is 0.966 bits per heavy atom. The largest absolute Gasteiger partial charge is 0.309 e. The summed E-state index contributed by atoms with van der Waals surface area (Å²) in [6, 6.07) is 126. The van der Waals surface area contributed by atoms with E-state index in [2.05, 4.69) is 349 Å². The molecule has 2 heteroatoms. The molecule has 17 rings (SSSR count). The van der Waals surface area contributed by atoms with E-state index in [-0.39, 0.29) is 0 Å². The third-order valence-electron chi connectivity index (χ3n) is 18.5. The lowest BCUT2D eigenvalue weighted by molar-refractivity contribution is 0.771. The average Bonchev–Trinajstić information content (AvgIpc) is 1.92. The number of hydrogen-bond donors (Lipinski definition) is 0. The first kappa shape index (κ1) is 50.2. The van der Waals surface area contributed by atoms with Crippen LogP contribution in [-0.2, 0) is 5.41 Å². The van der Waals surface area contributed by atoms with E-state index in [4.69, 9.17) is 0 Å². The molecule has 1 aliphatic rings. The maximum absolute atomic E-state index is 2.44. The minimum Gasteiger partial charge on any atom is -0.309 e. The summed E-state index contributed by atoms with van der Waals surface area (Å²) < 4.78 is 4.82. The average molecular weight is 1110 g/mol. The Hall–Kier alpha value is -11.3. The molecule has 2 heterocycles. The first-order valence-electron chi connectivity index (χ1n) is 30.1. The van der Waals surface area contributed by atoms with Gasteiger partial charge < -0.3 is 9.13 Å². The molecule has 0 aliphatic heterocycles. The smallest absolute Gasteiger partial charge is 0.0719 e. The molecule has 0 N–H and O–H groups in total. The van der Waals surface area contributed by atoms with E-state index >= 15 is 0 Å². The van der Waals surface area contributed by atoms with Crippen molar-refractivity contribution in [3.8, 4) is 89.3 Å². The molecule has 0 fully saturated rings. The normalized spacial score (nSPS) is 12.5. The number of aromatic nitrogens is 2. The predicted octanol–water partition coefficient (Wildman–Crippen LogP) is 22.2. The van der Waals surface area contributed by atoms with Crippen molar-refractivity contribution in [3.05, 3.63) is 362 Å². The lowest BCUT2D eigenvalue weighted by atomic mass is 9.65. The van der Waals surface area contributed by atoms with E-state index in [1.807, 2.05) is 0 Å². The Balaban J connectivity index is 0.691. The van der Waals surface area contributed by atoms with Crippen molar-refractivity contribution in [2.24, 2.45) is 0 Å². The number of rotatable bonds is 10. The summed E-state index contributed by atoms with van der Waals surface area (Å²) >= 11 is 0. The Kier molecular flexibility index (Phi) is 11.8. The van der Waals surface area contributed by atoms with Crippen LogP contribution in [0, 0.1) is 0 Å². The lowest BCUT2D eigenvalue weighted by Gasteiger charge is -2.36. The number of para-hydroxylation sites is 2. The lowest BCUT2D eigenvalue weighted by Crippen LogP contribution is -2.29. The van der Waals surface area contributed by atoms with E-state index in [0.29, 0.717) is 0 Å². The van der Waals surface area contributed by atoms with Gasteiger partial charge in [0.2, 0.25) is 0 Å². The van der Waals surface area contributed by atoms with Gasteiger partial charge in [-0.2, -0.15) is 0 Å². The highest BCUT2D eigenvalue weighted by Gasteiger charge is 2.47. The minimum absolute atomic E-state index is 0.574. The molecule has 2 aromatic heterocycles. The maximum Gasteiger partial charge on any atom is 0.0719 e. The van der Waals surface area contributed by atoms with Gasteiger partial charge in [-0.15, -0.1) is 0 Å². The summed E-state index contributed by atoms with van der Waals surface area (Å²) in [6.07, 6.45) is 0. The van der Waals surface area contributed by atoms with Gasteiger partial charge in [-0.1, -0.05) is 273 Å². The van der Waals surface area contributed by atoms with Crippen molar-refractivity contribution in [1.29, 1.82) is 0 Å². The Labute approximate surface area is 506 Å². The molecule has 0 spiro atoms. The summed E-state index contributed by atoms with van der Waals surface area (Å²) in [7, 11) is 0. The van der Waals surface area contributed by atoms with E-state index in [1.165, 1.54) is 144 Å². The van der Waals surface area contributed by atoms with Crippen LogP contribution >= 0.6 is 0 Å². The van der Waals surface area contributed by atoms with Gasteiger partial charge in [0.15, 0.2) is 0 Å². The van der Waals surface area contributed by atoms with Gasteiger partial charge in [-0.25, -0.2) is 0 Å². The van der Waals surface area contributed by atoms with E-state index in [9.17, 15) is 0 Å². The van der Waals surface area contributed by atoms with E-state index in [0.717, 1.165) is 11.4 Å². The molecule has 0 saturated heterocycles. The molecule has 2 nitrogen and oxygen atoms in total. The highest BCUT2D eigenvalue weighted by molar-refractivity contribution is 6.13. The van der Waals surface area contributed by atoms with Crippen molar-refractivity contribution in [2.75, 3.05) is 0 Å². The molecule has 0 unspecified atom stereocenters. The van der Waals surface area contributed by atoms with Gasteiger partial charge in [0, 0.05) is 32.9 Å². The van der Waals surface area contributed by atoms with Gasteiger partial charge in [-0.3, -0.25) is 0 Å². The van der Waals surface area contributed by atoms with Crippen molar-refractivity contribution in [3.63, 3.8) is 0 Å². The molecule has 1 aliphatic carbocycles. The van der Waals surface area contributed by atoms with Crippen LogP contribution in [0.2, 0.25) is 0 Å². The van der Waals surface area contributed by atoms with Crippen LogP contribution in [0.3, 0.4) is 0 Å². The molecule has 16 aromatic rings. The van der Waals surface area contributed by atoms with Gasteiger partial charge in [0.1, 0.15) is 0 Å². The van der Waals surface area contributed by atoms with Crippen LogP contribution in [0.1, 0.15) is 22.3 Å². The van der Waals surface area contributed by atoms with Crippen LogP contribution in [0.25, 0.3) is 133 Å². The summed E-state index contributed by atoms with van der Waals surface area (Å²) in [5.74, 6) is 0. The maximum atomic E-state index is 2.44. The third kappa shape index (κ3) is 8.17. The highest BCUT2D eigenvalue weighted by atomic mass is 15.0. The van der Waals surface area contributed by atoms with E-state index < -0.39 is 5.41 Å². The minimum atomic E-state index is -0.574. The summed E-state index contributed by atoms with van der Waals surface area (Å²) in [5, 5.41) is 4.96. The van der Waals surface area contributed by atoms with Crippen molar-refractivity contribution in [1.82, 2.24) is 9.13 Å². The van der Waals surface area contributed by atoms with Crippen molar-refractivity contribution < 1.29 is 0 Å². The fourth-order valence-electron chi connectivity index (χ4n) is 14.4. The van der Waals surface area contributed by atoms with Gasteiger partial charge in [0.25, 0.3) is 0 Å². The number of nitrogens with zero attached hydrogens (tertiary/aromatic N) is 2. The molecule has 0 saturated carbocycles. The fraction of sp³-hybridized carbons (Fsp3) is 0.0118. The molecule has 87 heavy (non-hydrogen) atoms. The third-order valence-corrected chi connectivity index (χ3v) is 18.5. The highest BCUT2D eigenvalue weighted by Crippen LogP contribution is 2.58. The molecule has 406 valence electrons. The first-order valence-corrected chi connectivity index (χ1v) is 30.1. The Morgan fingerprint density at radius 1 is 0.184 bits per heavy atom. The number of fused-ring (bicyclic) bond motifs is 9. The summed E-state index contributed by atoms with van der Waals surface area (Å²) in [4.78, 5) is 0. The van der Waals surface area contributed by atoms with Gasteiger partial charge >= 0.3 is 0 Å². The van der Waals surface area contributed by atoms with Gasteiger partial charge in [0.05, 0.1) is 27.5 Å². The molecule has 0 amide bonds. The molecule has 0 atom stereocenters. The monoisotopic (exact) mass is 1100 g/mol. The molecular weight excluding hydrogens is 1050 g/mol. The van der Waals surface area contributed by atoms with Crippen LogP contribution in [0.4, 0.5) is 0 Å². The van der Waals surface area contributed by atoms with Crippen LogP contribution in [-0.4, -0.2) is 9.13 Å². The summed E-state index contributed by atoms with van der Waals surface area (Å²) in [6.45, 7) is 0. The second kappa shape index (κ2) is 20.5. The molecule has 14 aromatic carbocycles. The SMILES string of the molecule is c1ccc(-c2ccc(-c3ccccc3C3(c4cccc(-c5ccc(-c6ccc(-n7c8ccccc8c8cc(-c9ccc%10c(c9)c9ccccc9n%10-c9ccc(-c%10ccccc%10)cc9)ccc87)cc6)cc5)c4)c4ccccc4-c4ccccc43)cc2)cc1. The molecular formula is C85H56N2. The zero-order valence-corrected chi connectivity index (χ0v) is 47.7. The van der Waals surface area contributed by atoms with Crippen molar-refractivity contribution in [2.45, 2.75) is 5.41 Å². The fourth-order valence-corrected chi connectivity index (χ4v) is 14.4. The second-order valence-corrected chi connectivity index (χ2v) is 23.1. The summed E-state index contributed by atoms with van der Waals surface area (Å²) in [5.41, 5.74) is 28.6.